The predicted octanol–water partition coefficient (Wildman–Crippen LogP) is 3.70. The van der Waals surface area contributed by atoms with Crippen LogP contribution in [0.4, 0.5) is 0 Å². The molecule has 3 aromatic rings. The largest absolute Gasteiger partial charge is 0.329 e. The number of H-pyrrole nitrogens is 1. The van der Waals surface area contributed by atoms with E-state index in [2.05, 4.69) is 23.8 Å². The fraction of sp³-hybridized carbons (Fsp3) is 0.471. The van der Waals surface area contributed by atoms with Crippen molar-refractivity contribution in [2.24, 2.45) is 13.0 Å². The molecule has 3 aromatic heterocycles. The Morgan fingerprint density at radius 1 is 1.50 bits per heavy atom. The highest BCUT2D eigenvalue weighted by Crippen LogP contribution is 2.37. The van der Waals surface area contributed by atoms with Gasteiger partial charge in [0.1, 0.15) is 10.7 Å². The van der Waals surface area contributed by atoms with Gasteiger partial charge in [0, 0.05) is 24.3 Å². The van der Waals surface area contributed by atoms with Crippen LogP contribution in [0.3, 0.4) is 0 Å². The van der Waals surface area contributed by atoms with Gasteiger partial charge in [-0.25, -0.2) is 9.97 Å². The Morgan fingerprint density at radius 2 is 2.33 bits per heavy atom. The number of imidazole rings is 1. The average molecular weight is 361 g/mol. The molecule has 0 aromatic carbocycles. The first-order valence-electron chi connectivity index (χ1n) is 8.21. The van der Waals surface area contributed by atoms with Gasteiger partial charge in [-0.15, -0.1) is 11.3 Å². The number of nitrogens with one attached hydrogen (secondary N) is 1. The van der Waals surface area contributed by atoms with E-state index in [4.69, 9.17) is 4.98 Å². The standard InChI is InChI=1S/C17H20N4OS2/c1-9-4-5-11-12(8-9)24-16-13(11)15(22)19-14(20-16)10(2)23-17-18-6-7-21(17)3/h6-7,9-10H,4-5,8H2,1-3H3,(H,19,20,22)/t9-,10+/m1/s1. The van der Waals surface area contributed by atoms with Gasteiger partial charge in [-0.2, -0.15) is 0 Å². The molecule has 1 aliphatic carbocycles. The molecule has 5 nitrogen and oxygen atoms in total. The molecule has 126 valence electrons. The lowest BCUT2D eigenvalue weighted by Crippen LogP contribution is -2.15. The van der Waals surface area contributed by atoms with Crippen molar-refractivity contribution in [1.82, 2.24) is 19.5 Å². The summed E-state index contributed by atoms with van der Waals surface area (Å²) in [4.78, 5) is 27.0. The van der Waals surface area contributed by atoms with Crippen LogP contribution in [0.1, 0.15) is 41.8 Å². The number of aromatic amines is 1. The van der Waals surface area contributed by atoms with Crippen LogP contribution in [-0.4, -0.2) is 19.5 Å². The molecule has 0 amide bonds. The number of thioether (sulfide) groups is 1. The monoisotopic (exact) mass is 360 g/mol. The molecule has 7 heteroatoms. The molecule has 4 rings (SSSR count). The summed E-state index contributed by atoms with van der Waals surface area (Å²) in [5, 5.41) is 1.78. The molecule has 0 spiro atoms. The predicted molar refractivity (Wildman–Crippen MR) is 98.9 cm³/mol. The Labute approximate surface area is 148 Å². The molecule has 0 saturated heterocycles. The molecular weight excluding hydrogens is 340 g/mol. The molecule has 0 radical (unpaired) electrons. The van der Waals surface area contributed by atoms with Gasteiger partial charge in [0.15, 0.2) is 5.16 Å². The lowest BCUT2D eigenvalue weighted by Gasteiger charge is -2.17. The topological polar surface area (TPSA) is 63.6 Å². The molecular formula is C17H20N4OS2. The second-order valence-electron chi connectivity index (χ2n) is 6.56. The maximum atomic E-state index is 12.7. The van der Waals surface area contributed by atoms with E-state index in [1.54, 1.807) is 29.3 Å². The molecule has 3 heterocycles. The Hall–Kier alpha value is -1.60. The molecule has 0 fully saturated rings. The van der Waals surface area contributed by atoms with E-state index in [-0.39, 0.29) is 10.8 Å². The number of rotatable bonds is 3. The minimum absolute atomic E-state index is 0.00865. The second-order valence-corrected chi connectivity index (χ2v) is 8.96. The average Bonchev–Trinajstić information content (AvgIpc) is 3.10. The first kappa shape index (κ1) is 15.9. The van der Waals surface area contributed by atoms with Crippen molar-refractivity contribution in [1.29, 1.82) is 0 Å². The van der Waals surface area contributed by atoms with Crippen molar-refractivity contribution in [2.75, 3.05) is 0 Å². The van der Waals surface area contributed by atoms with Crippen LogP contribution in [0.5, 0.6) is 0 Å². The number of hydrogen-bond acceptors (Lipinski definition) is 5. The van der Waals surface area contributed by atoms with Gasteiger partial charge >= 0.3 is 0 Å². The first-order valence-corrected chi connectivity index (χ1v) is 9.91. The van der Waals surface area contributed by atoms with Crippen molar-refractivity contribution in [2.45, 2.75) is 43.5 Å². The van der Waals surface area contributed by atoms with Crippen LogP contribution in [0.2, 0.25) is 0 Å². The molecule has 0 aliphatic heterocycles. The minimum atomic E-state index is 0.00865. The van der Waals surface area contributed by atoms with Crippen molar-refractivity contribution in [3.63, 3.8) is 0 Å². The van der Waals surface area contributed by atoms with Crippen LogP contribution >= 0.6 is 23.1 Å². The summed E-state index contributed by atoms with van der Waals surface area (Å²) in [6.07, 6.45) is 6.93. The third kappa shape index (κ3) is 2.69. The van der Waals surface area contributed by atoms with E-state index in [0.29, 0.717) is 5.92 Å². The fourth-order valence-corrected chi connectivity index (χ4v) is 5.52. The minimum Gasteiger partial charge on any atom is -0.329 e. The molecule has 0 saturated carbocycles. The summed E-state index contributed by atoms with van der Waals surface area (Å²) < 4.78 is 1.98. The Kier molecular flexibility index (Phi) is 4.00. The number of hydrogen-bond donors (Lipinski definition) is 1. The number of thiophene rings is 1. The number of fused-ring (bicyclic) bond motifs is 3. The van der Waals surface area contributed by atoms with Crippen molar-refractivity contribution in [3.05, 3.63) is 39.0 Å². The number of nitrogens with zero attached hydrogens (tertiary/aromatic N) is 3. The molecule has 1 N–H and O–H groups in total. The molecule has 0 unspecified atom stereocenters. The van der Waals surface area contributed by atoms with Crippen molar-refractivity contribution < 1.29 is 0 Å². The highest BCUT2D eigenvalue weighted by atomic mass is 32.2. The van der Waals surface area contributed by atoms with Crippen molar-refractivity contribution >= 4 is 33.3 Å². The third-order valence-electron chi connectivity index (χ3n) is 4.63. The summed E-state index contributed by atoms with van der Waals surface area (Å²) in [5.41, 5.74) is 1.24. The van der Waals surface area contributed by atoms with E-state index in [1.165, 1.54) is 10.4 Å². The molecule has 1 aliphatic rings. The van der Waals surface area contributed by atoms with E-state index in [9.17, 15) is 4.79 Å². The zero-order valence-electron chi connectivity index (χ0n) is 14.0. The lowest BCUT2D eigenvalue weighted by atomic mass is 9.89. The highest BCUT2D eigenvalue weighted by molar-refractivity contribution is 7.99. The zero-order valence-corrected chi connectivity index (χ0v) is 15.6. The van der Waals surface area contributed by atoms with Crippen LogP contribution in [0.15, 0.2) is 22.3 Å². The van der Waals surface area contributed by atoms with Gasteiger partial charge in [-0.1, -0.05) is 18.7 Å². The van der Waals surface area contributed by atoms with Gasteiger partial charge in [-0.3, -0.25) is 4.79 Å². The third-order valence-corrected chi connectivity index (χ3v) is 6.96. The van der Waals surface area contributed by atoms with Gasteiger partial charge in [-0.05, 0) is 37.7 Å². The van der Waals surface area contributed by atoms with Gasteiger partial charge < -0.3 is 9.55 Å². The summed E-state index contributed by atoms with van der Waals surface area (Å²) in [7, 11) is 1.97. The van der Waals surface area contributed by atoms with E-state index < -0.39 is 0 Å². The first-order chi connectivity index (χ1) is 11.5. The van der Waals surface area contributed by atoms with E-state index in [0.717, 1.165) is 40.5 Å². The van der Waals surface area contributed by atoms with Gasteiger partial charge in [0.25, 0.3) is 5.56 Å². The summed E-state index contributed by atoms with van der Waals surface area (Å²) >= 11 is 3.31. The van der Waals surface area contributed by atoms with E-state index in [1.807, 2.05) is 17.8 Å². The highest BCUT2D eigenvalue weighted by Gasteiger charge is 2.24. The Bertz CT molecular complexity index is 955. The Morgan fingerprint density at radius 3 is 3.08 bits per heavy atom. The van der Waals surface area contributed by atoms with Gasteiger partial charge in [0.05, 0.1) is 10.6 Å². The maximum Gasteiger partial charge on any atom is 0.259 e. The lowest BCUT2D eigenvalue weighted by molar-refractivity contribution is 0.509. The molecule has 2 atom stereocenters. The maximum absolute atomic E-state index is 12.7. The SMILES string of the molecule is C[C@@H]1CCc2c(sc3nc([C@H](C)Sc4nccn4C)[nH]c(=O)c23)C1. The molecule has 24 heavy (non-hydrogen) atoms. The van der Waals surface area contributed by atoms with Crippen molar-refractivity contribution in [3.8, 4) is 0 Å². The smallest absolute Gasteiger partial charge is 0.259 e. The van der Waals surface area contributed by atoms with Gasteiger partial charge in [0.2, 0.25) is 0 Å². The second kappa shape index (κ2) is 6.04. The summed E-state index contributed by atoms with van der Waals surface area (Å²) in [5.74, 6) is 1.43. The fourth-order valence-electron chi connectivity index (χ4n) is 3.24. The normalized spacial score (nSPS) is 18.7. The Balaban J connectivity index is 1.73. The van der Waals surface area contributed by atoms with Crippen LogP contribution in [0.25, 0.3) is 10.2 Å². The zero-order chi connectivity index (χ0) is 16.8. The summed E-state index contributed by atoms with van der Waals surface area (Å²) in [6, 6.07) is 0. The number of aromatic nitrogens is 4. The van der Waals surface area contributed by atoms with E-state index >= 15 is 0 Å². The van der Waals surface area contributed by atoms with Crippen LogP contribution < -0.4 is 5.56 Å². The summed E-state index contributed by atoms with van der Waals surface area (Å²) in [6.45, 7) is 4.33. The van der Waals surface area contributed by atoms with Crippen LogP contribution in [-0.2, 0) is 19.9 Å². The quantitative estimate of drug-likeness (QED) is 0.724. The van der Waals surface area contributed by atoms with Crippen LogP contribution in [0, 0.1) is 5.92 Å². The number of aryl methyl sites for hydroxylation is 2. The molecule has 0 bridgehead atoms.